The standard InChI is InChI=1S/C26H23F2N3O4/c1-14-19(27)10-9-16(21(14)28)11-29-25(34)18-13-30-17-7-4-6-15-5-2-3-8-20(15)31(12-17)26(35)22(30)24(33)23(18)32/h2-3,5,8-10,13,17,33H,4,6-7,11-12H2,1H3,(H,29,34)/t17-/m0/s1. The van der Waals surface area contributed by atoms with Gasteiger partial charge in [0.25, 0.3) is 11.8 Å². The molecule has 0 fully saturated rings. The number of pyridine rings is 1. The number of carbonyl (C=O) groups is 2. The normalized spacial score (nSPS) is 16.7. The molecular formula is C26H23F2N3O4. The summed E-state index contributed by atoms with van der Waals surface area (Å²) in [6, 6.07) is 9.63. The van der Waals surface area contributed by atoms with Crippen LogP contribution in [0.2, 0.25) is 0 Å². The molecule has 1 atom stereocenters. The van der Waals surface area contributed by atoms with Gasteiger partial charge in [0.15, 0.2) is 11.4 Å². The Morgan fingerprint density at radius 3 is 2.74 bits per heavy atom. The van der Waals surface area contributed by atoms with Gasteiger partial charge in [0.1, 0.15) is 17.2 Å². The summed E-state index contributed by atoms with van der Waals surface area (Å²) in [6.07, 6.45) is 3.57. The third-order valence-electron chi connectivity index (χ3n) is 6.79. The van der Waals surface area contributed by atoms with Crippen LogP contribution in [0.1, 0.15) is 56.4 Å². The Morgan fingerprint density at radius 2 is 1.94 bits per heavy atom. The van der Waals surface area contributed by atoms with Crippen molar-refractivity contribution in [1.29, 1.82) is 0 Å². The Bertz CT molecular complexity index is 1430. The number of nitrogens with one attached hydrogen (secondary N) is 1. The van der Waals surface area contributed by atoms with Crippen LogP contribution in [0.25, 0.3) is 0 Å². The summed E-state index contributed by atoms with van der Waals surface area (Å²) in [5.41, 5.74) is 0.173. The highest BCUT2D eigenvalue weighted by atomic mass is 19.1. The van der Waals surface area contributed by atoms with E-state index in [2.05, 4.69) is 5.32 Å². The molecule has 2 aliphatic heterocycles. The Labute approximate surface area is 199 Å². The number of nitrogens with zero attached hydrogens (tertiary/aromatic N) is 2. The zero-order valence-electron chi connectivity index (χ0n) is 19.0. The van der Waals surface area contributed by atoms with E-state index in [0.29, 0.717) is 13.0 Å². The molecule has 5 rings (SSSR count). The fraction of sp³-hybridized carbons (Fsp3) is 0.269. The van der Waals surface area contributed by atoms with Crippen molar-refractivity contribution in [3.05, 3.63) is 92.4 Å². The summed E-state index contributed by atoms with van der Waals surface area (Å²) < 4.78 is 29.3. The van der Waals surface area contributed by atoms with E-state index in [0.717, 1.165) is 30.2 Å². The molecule has 180 valence electrons. The average molecular weight is 479 g/mol. The number of amides is 2. The van der Waals surface area contributed by atoms with Gasteiger partial charge in [-0.15, -0.1) is 0 Å². The topological polar surface area (TPSA) is 91.6 Å². The van der Waals surface area contributed by atoms with Gasteiger partial charge in [-0.1, -0.05) is 24.3 Å². The fourth-order valence-electron chi connectivity index (χ4n) is 4.87. The molecule has 1 aromatic heterocycles. The first kappa shape index (κ1) is 22.8. The Kier molecular flexibility index (Phi) is 5.62. The van der Waals surface area contributed by atoms with E-state index in [1.807, 2.05) is 24.3 Å². The molecule has 0 radical (unpaired) electrons. The van der Waals surface area contributed by atoms with Crippen LogP contribution in [0.15, 0.2) is 47.4 Å². The van der Waals surface area contributed by atoms with Crippen LogP contribution in [-0.4, -0.2) is 28.0 Å². The predicted molar refractivity (Wildman–Crippen MR) is 125 cm³/mol. The van der Waals surface area contributed by atoms with E-state index < -0.39 is 34.6 Å². The molecule has 9 heteroatoms. The second kappa shape index (κ2) is 8.65. The van der Waals surface area contributed by atoms with Crippen molar-refractivity contribution in [2.45, 2.75) is 38.8 Å². The molecule has 2 aliphatic rings. The van der Waals surface area contributed by atoms with Crippen LogP contribution < -0.4 is 15.6 Å². The zero-order chi connectivity index (χ0) is 24.9. The van der Waals surface area contributed by atoms with Gasteiger partial charge in [-0.25, -0.2) is 8.78 Å². The maximum Gasteiger partial charge on any atom is 0.279 e. The Morgan fingerprint density at radius 1 is 1.17 bits per heavy atom. The van der Waals surface area contributed by atoms with Crippen LogP contribution in [0, 0.1) is 18.6 Å². The van der Waals surface area contributed by atoms with Gasteiger partial charge >= 0.3 is 0 Å². The number of carbonyl (C=O) groups excluding carboxylic acids is 2. The lowest BCUT2D eigenvalue weighted by Gasteiger charge is -2.39. The fourth-order valence-corrected chi connectivity index (χ4v) is 4.87. The molecule has 35 heavy (non-hydrogen) atoms. The minimum absolute atomic E-state index is 0.0593. The number of hydrogen-bond acceptors (Lipinski definition) is 4. The first-order valence-corrected chi connectivity index (χ1v) is 11.4. The molecule has 3 aromatic rings. The molecule has 3 heterocycles. The monoisotopic (exact) mass is 479 g/mol. The van der Waals surface area contributed by atoms with Crippen molar-refractivity contribution >= 4 is 17.5 Å². The molecule has 7 nitrogen and oxygen atoms in total. The number of halogens is 2. The Hall–Kier alpha value is -4.01. The molecule has 2 bridgehead atoms. The maximum absolute atomic E-state index is 14.3. The van der Waals surface area contributed by atoms with Gasteiger partial charge in [-0.05, 0) is 43.9 Å². The predicted octanol–water partition coefficient (Wildman–Crippen LogP) is 3.61. The lowest BCUT2D eigenvalue weighted by atomic mass is 9.95. The van der Waals surface area contributed by atoms with Crippen LogP contribution in [-0.2, 0) is 13.0 Å². The number of aromatic hydroxyl groups is 1. The van der Waals surface area contributed by atoms with Crippen LogP contribution in [0.3, 0.4) is 0 Å². The smallest absolute Gasteiger partial charge is 0.279 e. The highest BCUT2D eigenvalue weighted by molar-refractivity contribution is 6.08. The second-order valence-electron chi connectivity index (χ2n) is 8.90. The summed E-state index contributed by atoms with van der Waals surface area (Å²) in [6.45, 7) is 1.35. The maximum atomic E-state index is 14.3. The quantitative estimate of drug-likeness (QED) is 0.601. The van der Waals surface area contributed by atoms with Crippen molar-refractivity contribution in [2.24, 2.45) is 0 Å². The van der Waals surface area contributed by atoms with E-state index >= 15 is 0 Å². The summed E-state index contributed by atoms with van der Waals surface area (Å²) in [5, 5.41) is 13.2. The Balaban J connectivity index is 1.50. The summed E-state index contributed by atoms with van der Waals surface area (Å²) in [5.74, 6) is -3.61. The minimum Gasteiger partial charge on any atom is -0.503 e. The van der Waals surface area contributed by atoms with Crippen molar-refractivity contribution in [3.8, 4) is 5.75 Å². The van der Waals surface area contributed by atoms with Gasteiger partial charge < -0.3 is 19.9 Å². The van der Waals surface area contributed by atoms with Crippen LogP contribution >= 0.6 is 0 Å². The van der Waals surface area contributed by atoms with E-state index in [-0.39, 0.29) is 35.0 Å². The number of benzene rings is 2. The van der Waals surface area contributed by atoms with Gasteiger partial charge in [-0.2, -0.15) is 0 Å². The largest absolute Gasteiger partial charge is 0.503 e. The second-order valence-corrected chi connectivity index (χ2v) is 8.90. The number of rotatable bonds is 3. The lowest BCUT2D eigenvalue weighted by Crippen LogP contribution is -2.46. The van der Waals surface area contributed by atoms with Crippen LogP contribution in [0.5, 0.6) is 5.75 Å². The van der Waals surface area contributed by atoms with E-state index in [1.54, 1.807) is 4.90 Å². The van der Waals surface area contributed by atoms with Crippen molar-refractivity contribution < 1.29 is 23.5 Å². The molecular weight excluding hydrogens is 456 g/mol. The molecule has 0 aliphatic carbocycles. The molecule has 2 amide bonds. The number of hydrogen-bond donors (Lipinski definition) is 2. The van der Waals surface area contributed by atoms with Gasteiger partial charge in [0.05, 0.1) is 6.04 Å². The van der Waals surface area contributed by atoms with Crippen molar-refractivity contribution in [1.82, 2.24) is 9.88 Å². The number of aromatic nitrogens is 1. The highest BCUT2D eigenvalue weighted by Crippen LogP contribution is 2.36. The van der Waals surface area contributed by atoms with Gasteiger partial charge in [0.2, 0.25) is 5.43 Å². The number of aryl methyl sites for hydroxylation is 1. The summed E-state index contributed by atoms with van der Waals surface area (Å²) in [7, 11) is 0. The van der Waals surface area contributed by atoms with Gasteiger partial charge in [0, 0.05) is 36.1 Å². The van der Waals surface area contributed by atoms with E-state index in [1.165, 1.54) is 23.8 Å². The SMILES string of the molecule is Cc1c(F)ccc(CNC(=O)c2cn3c(c(O)c2=O)C(=O)N2C[C@@H]3CCCc3ccccc32)c1F. The average Bonchev–Trinajstić information content (AvgIpc) is 2.84. The third kappa shape index (κ3) is 3.77. The first-order chi connectivity index (χ1) is 16.8. The van der Waals surface area contributed by atoms with Crippen molar-refractivity contribution in [2.75, 3.05) is 11.4 Å². The van der Waals surface area contributed by atoms with Crippen LogP contribution in [0.4, 0.5) is 14.5 Å². The summed E-state index contributed by atoms with van der Waals surface area (Å²) in [4.78, 5) is 40.7. The molecule has 2 aromatic carbocycles. The minimum atomic E-state index is -0.983. The zero-order valence-corrected chi connectivity index (χ0v) is 19.0. The molecule has 0 saturated heterocycles. The number of fused-ring (bicyclic) bond motifs is 6. The molecule has 0 spiro atoms. The highest BCUT2D eigenvalue weighted by Gasteiger charge is 2.37. The molecule has 2 N–H and O–H groups in total. The first-order valence-electron chi connectivity index (χ1n) is 11.4. The van der Waals surface area contributed by atoms with E-state index in [4.69, 9.17) is 0 Å². The molecule has 0 saturated carbocycles. The number of anilines is 1. The number of para-hydroxylation sites is 1. The third-order valence-corrected chi connectivity index (χ3v) is 6.79. The van der Waals surface area contributed by atoms with E-state index in [9.17, 15) is 28.3 Å². The van der Waals surface area contributed by atoms with Gasteiger partial charge in [-0.3, -0.25) is 14.4 Å². The van der Waals surface area contributed by atoms with Crippen molar-refractivity contribution in [3.63, 3.8) is 0 Å². The summed E-state index contributed by atoms with van der Waals surface area (Å²) >= 11 is 0. The molecule has 0 unspecified atom stereocenters. The lowest BCUT2D eigenvalue weighted by molar-refractivity contribution is 0.0927.